The lowest BCUT2D eigenvalue weighted by molar-refractivity contribution is -0.225. The molecule has 8 rings (SSSR count). The third-order valence-corrected chi connectivity index (χ3v) is 14.5. The molecule has 2 aromatic rings. The minimum atomic E-state index is -2.17. The lowest BCUT2D eigenvalue weighted by Gasteiger charge is -2.62. The number of carbonyl (C=O) groups excluding carboxylic acids is 4. The van der Waals surface area contributed by atoms with Crippen molar-refractivity contribution in [3.63, 3.8) is 0 Å². The van der Waals surface area contributed by atoms with Crippen LogP contribution in [0, 0.1) is 28.5 Å². The number of ketones is 2. The number of alkyl halides is 1. The summed E-state index contributed by atoms with van der Waals surface area (Å²) < 4.78 is 53.2. The van der Waals surface area contributed by atoms with E-state index in [0.717, 1.165) is 18.9 Å². The molecule has 1 aliphatic heterocycles. The number of esters is 2. The molecule has 1 saturated heterocycles. The van der Waals surface area contributed by atoms with Crippen molar-refractivity contribution < 1.29 is 47.3 Å². The van der Waals surface area contributed by atoms with Crippen molar-refractivity contribution in [2.24, 2.45) is 22.7 Å². The topological polar surface area (TPSA) is 153 Å². The maximum absolute atomic E-state index is 17.8. The number of aromatic nitrogens is 1. The molecule has 1 aromatic carbocycles. The van der Waals surface area contributed by atoms with Gasteiger partial charge in [-0.3, -0.25) is 19.2 Å². The van der Waals surface area contributed by atoms with E-state index in [1.165, 1.54) is 25.5 Å². The molecule has 58 heavy (non-hydrogen) atoms. The fraction of sp³-hybridized carbons (Fsp3) is 0.614. The highest BCUT2D eigenvalue weighted by atomic mass is 19.1. The quantitative estimate of drug-likeness (QED) is 0.295. The van der Waals surface area contributed by atoms with E-state index in [2.05, 4.69) is 5.32 Å². The highest BCUT2D eigenvalue weighted by Crippen LogP contribution is 2.70. The molecular weight excluding hydrogens is 752 g/mol. The summed E-state index contributed by atoms with van der Waals surface area (Å²) in [6, 6.07) is 1.14. The molecule has 6 aliphatic rings. The molecule has 2 heterocycles. The summed E-state index contributed by atoms with van der Waals surface area (Å²) in [5.41, 5.74) is -6.48. The molecule has 14 heteroatoms. The fourth-order valence-electron chi connectivity index (χ4n) is 11.5. The second kappa shape index (κ2) is 14.4. The standard InChI is InChI=1S/C44H53F2N3O9/c1-6-7-35(53)58-43(15-13-30-31-11-8-25-18-27(50)12-14-41(25,3)44(31,46)33(51)20-42(30,43)4)34(52)23-57-40(55)29-22-49(26-9-10-26)36-28(38(29)54)19-32(45)37(39(36)56-5)48-17-16-47-24(2)21-48/h12,14,18-19,22,24,26,30-31,33,47,51H,6-11,13,15-17,20-21,23H2,1-5H3/t24?,30-,31-,33-,41-,42-,43-,44-/m0/s1. The van der Waals surface area contributed by atoms with E-state index in [-0.39, 0.29) is 54.0 Å². The first-order valence-corrected chi connectivity index (χ1v) is 20.7. The van der Waals surface area contributed by atoms with Crippen molar-refractivity contribution in [3.8, 4) is 5.75 Å². The molecule has 5 aliphatic carbocycles. The third-order valence-electron chi connectivity index (χ3n) is 14.5. The number of benzene rings is 1. The van der Waals surface area contributed by atoms with Crippen molar-refractivity contribution in [3.05, 3.63) is 57.7 Å². The monoisotopic (exact) mass is 805 g/mol. The first kappa shape index (κ1) is 40.4. The van der Waals surface area contributed by atoms with Gasteiger partial charge in [0.05, 0.1) is 24.1 Å². The summed E-state index contributed by atoms with van der Waals surface area (Å²) in [5, 5.41) is 15.2. The maximum Gasteiger partial charge on any atom is 0.344 e. The van der Waals surface area contributed by atoms with Crippen molar-refractivity contribution >= 4 is 40.1 Å². The van der Waals surface area contributed by atoms with Crippen LogP contribution >= 0.6 is 0 Å². The molecule has 0 amide bonds. The molecule has 8 atom stereocenters. The number of ether oxygens (including phenoxy) is 3. The van der Waals surface area contributed by atoms with Crippen LogP contribution in [0.15, 0.2) is 40.9 Å². The second-order valence-corrected chi connectivity index (χ2v) is 17.8. The Morgan fingerprint density at radius 2 is 1.86 bits per heavy atom. The predicted octanol–water partition coefficient (Wildman–Crippen LogP) is 5.46. The van der Waals surface area contributed by atoms with E-state index < -0.39 is 81.2 Å². The predicted molar refractivity (Wildman–Crippen MR) is 210 cm³/mol. The van der Waals surface area contributed by atoms with Crippen LogP contribution in [0.1, 0.15) is 102 Å². The highest BCUT2D eigenvalue weighted by Gasteiger charge is 2.75. The summed E-state index contributed by atoms with van der Waals surface area (Å²) in [6.07, 6.45) is 6.93. The van der Waals surface area contributed by atoms with Gasteiger partial charge in [-0.15, -0.1) is 0 Å². The van der Waals surface area contributed by atoms with Gasteiger partial charge >= 0.3 is 11.9 Å². The second-order valence-electron chi connectivity index (χ2n) is 17.8. The van der Waals surface area contributed by atoms with Gasteiger partial charge < -0.3 is 34.1 Å². The maximum atomic E-state index is 17.8. The molecule has 0 spiro atoms. The lowest BCUT2D eigenvalue weighted by Crippen LogP contribution is -2.69. The molecular formula is C44H53F2N3O9. The van der Waals surface area contributed by atoms with Crippen LogP contribution in [-0.2, 0) is 23.9 Å². The molecule has 1 unspecified atom stereocenters. The van der Waals surface area contributed by atoms with Gasteiger partial charge in [-0.05, 0) is 89.4 Å². The highest BCUT2D eigenvalue weighted by molar-refractivity contribution is 6.01. The Labute approximate surface area is 335 Å². The Bertz CT molecular complexity index is 2220. The fourth-order valence-corrected chi connectivity index (χ4v) is 11.5. The number of Topliss-reactive ketones (excluding diaryl/α,β-unsaturated/α-hetero) is 1. The van der Waals surface area contributed by atoms with E-state index in [0.29, 0.717) is 56.4 Å². The number of nitrogens with one attached hydrogen (secondary N) is 1. The SMILES string of the molecule is CCCC(=O)O[C@]1(C(=O)COC(=O)c2cn(C3CC3)c3c(OC)c(N4CCNC(C)C4)c(F)cc3c2=O)CC[C@H]2[C@@H]3CCC4=CC(=O)C=C[C@]4(C)[C@@]3(F)[C@@H](O)C[C@@]21C. The first-order valence-electron chi connectivity index (χ1n) is 20.7. The van der Waals surface area contributed by atoms with Crippen molar-refractivity contribution in [1.29, 1.82) is 0 Å². The van der Waals surface area contributed by atoms with Gasteiger partial charge in [0.15, 0.2) is 35.2 Å². The van der Waals surface area contributed by atoms with E-state index in [1.807, 2.05) is 11.8 Å². The summed E-state index contributed by atoms with van der Waals surface area (Å²) in [7, 11) is 1.42. The average molecular weight is 806 g/mol. The third kappa shape index (κ3) is 5.90. The van der Waals surface area contributed by atoms with Gasteiger partial charge in [0, 0.05) is 61.1 Å². The van der Waals surface area contributed by atoms with Crippen molar-refractivity contribution in [2.75, 3.05) is 38.3 Å². The van der Waals surface area contributed by atoms with Crippen molar-refractivity contribution in [1.82, 2.24) is 9.88 Å². The summed E-state index contributed by atoms with van der Waals surface area (Å²) in [6.45, 7) is 8.05. The lowest BCUT2D eigenvalue weighted by atomic mass is 9.44. The van der Waals surface area contributed by atoms with Gasteiger partial charge in [-0.1, -0.05) is 25.5 Å². The van der Waals surface area contributed by atoms with Gasteiger partial charge in [0.2, 0.25) is 11.2 Å². The Morgan fingerprint density at radius 3 is 2.55 bits per heavy atom. The van der Waals surface area contributed by atoms with Gasteiger partial charge in [0.25, 0.3) is 0 Å². The van der Waals surface area contributed by atoms with Crippen LogP contribution in [0.25, 0.3) is 10.9 Å². The molecule has 4 saturated carbocycles. The van der Waals surface area contributed by atoms with E-state index in [9.17, 15) is 29.1 Å². The van der Waals surface area contributed by atoms with E-state index >= 15 is 8.78 Å². The Kier molecular flexibility index (Phi) is 10.0. The van der Waals surface area contributed by atoms with Crippen LogP contribution in [0.4, 0.5) is 14.5 Å². The Balaban J connectivity index is 1.12. The molecule has 0 radical (unpaired) electrons. The first-order chi connectivity index (χ1) is 27.5. The van der Waals surface area contributed by atoms with Crippen molar-refractivity contribution in [2.45, 2.75) is 115 Å². The zero-order valence-electron chi connectivity index (χ0n) is 33.8. The van der Waals surface area contributed by atoms with Crippen LogP contribution in [0.2, 0.25) is 0 Å². The number of anilines is 1. The largest absolute Gasteiger partial charge is 0.492 e. The smallest absolute Gasteiger partial charge is 0.344 e. The number of fused-ring (bicyclic) bond motifs is 6. The number of methoxy groups -OCH3 is 1. The number of halogens is 2. The number of hydrogen-bond donors (Lipinski definition) is 2. The van der Waals surface area contributed by atoms with Crippen LogP contribution in [0.3, 0.4) is 0 Å². The van der Waals surface area contributed by atoms with E-state index in [4.69, 9.17) is 14.2 Å². The number of rotatable bonds is 10. The number of allylic oxidation sites excluding steroid dienone is 4. The number of nitrogens with zero attached hydrogens (tertiary/aromatic N) is 2. The Morgan fingerprint density at radius 1 is 1.10 bits per heavy atom. The average Bonchev–Trinajstić information content (AvgIpc) is 3.99. The minimum Gasteiger partial charge on any atom is -0.492 e. The summed E-state index contributed by atoms with van der Waals surface area (Å²) in [4.78, 5) is 70.1. The summed E-state index contributed by atoms with van der Waals surface area (Å²) >= 11 is 0. The molecule has 312 valence electrons. The molecule has 2 N–H and O–H groups in total. The van der Waals surface area contributed by atoms with Crippen LogP contribution < -0.4 is 20.4 Å². The van der Waals surface area contributed by atoms with Crippen LogP contribution in [0.5, 0.6) is 5.75 Å². The molecule has 12 nitrogen and oxygen atoms in total. The number of pyridine rings is 1. The zero-order valence-corrected chi connectivity index (χ0v) is 33.8. The molecule has 5 fully saturated rings. The number of aliphatic hydroxyl groups is 1. The Hall–Kier alpha value is -4.43. The van der Waals surface area contributed by atoms with Gasteiger partial charge in [-0.25, -0.2) is 13.6 Å². The minimum absolute atomic E-state index is 0.00680. The van der Waals surface area contributed by atoms with E-state index in [1.54, 1.807) is 31.4 Å². The number of aliphatic hydroxyl groups excluding tert-OH is 1. The molecule has 0 bridgehead atoms. The normalized spacial score (nSPS) is 34.2. The zero-order chi connectivity index (χ0) is 41.5. The van der Waals surface area contributed by atoms with Crippen LogP contribution in [-0.4, -0.2) is 89.9 Å². The number of hydrogen-bond acceptors (Lipinski definition) is 11. The number of piperazine rings is 1. The molecule has 1 aromatic heterocycles. The number of carbonyl (C=O) groups is 4. The van der Waals surface area contributed by atoms with Gasteiger partial charge in [-0.2, -0.15) is 0 Å². The van der Waals surface area contributed by atoms with Gasteiger partial charge in [0.1, 0.15) is 11.3 Å². The summed E-state index contributed by atoms with van der Waals surface area (Å²) in [5.74, 6) is -4.43.